The van der Waals surface area contributed by atoms with Crippen LogP contribution >= 0.6 is 0 Å². The molecule has 2 heterocycles. The lowest BCUT2D eigenvalue weighted by molar-refractivity contribution is -0.134. The Kier molecular flexibility index (Phi) is 5.95. The molecule has 2 aliphatic heterocycles. The van der Waals surface area contributed by atoms with Crippen LogP contribution in [0, 0.1) is 18.8 Å². The summed E-state index contributed by atoms with van der Waals surface area (Å²) in [5.41, 5.74) is 2.51. The third kappa shape index (κ3) is 4.07. The first kappa shape index (κ1) is 20.4. The number of rotatable bonds is 4. The fourth-order valence-electron chi connectivity index (χ4n) is 5.88. The van der Waals surface area contributed by atoms with Crippen LogP contribution in [0.1, 0.15) is 56.2 Å². The van der Waals surface area contributed by atoms with Crippen LogP contribution in [0.4, 0.5) is 0 Å². The van der Waals surface area contributed by atoms with E-state index in [0.29, 0.717) is 24.4 Å². The highest BCUT2D eigenvalue weighted by atomic mass is 16.2. The van der Waals surface area contributed by atoms with Gasteiger partial charge in [0.2, 0.25) is 11.8 Å². The van der Waals surface area contributed by atoms with Gasteiger partial charge in [-0.25, -0.2) is 0 Å². The Balaban J connectivity index is 1.44. The zero-order valence-corrected chi connectivity index (χ0v) is 18.1. The smallest absolute Gasteiger partial charge is 0.236 e. The van der Waals surface area contributed by atoms with E-state index in [4.69, 9.17) is 0 Å². The van der Waals surface area contributed by atoms with Crippen molar-refractivity contribution in [1.29, 1.82) is 0 Å². The number of fused-ring (bicyclic) bond motifs is 1. The van der Waals surface area contributed by atoms with Gasteiger partial charge < -0.3 is 9.80 Å². The molecule has 1 saturated carbocycles. The van der Waals surface area contributed by atoms with Crippen molar-refractivity contribution in [2.45, 2.75) is 58.0 Å². The summed E-state index contributed by atoms with van der Waals surface area (Å²) in [6.45, 7) is 6.96. The van der Waals surface area contributed by atoms with Crippen LogP contribution in [0.3, 0.4) is 0 Å². The molecule has 1 aromatic rings. The Bertz CT molecular complexity index is 758. The molecule has 0 bridgehead atoms. The molecule has 2 saturated heterocycles. The van der Waals surface area contributed by atoms with Gasteiger partial charge in [-0.3, -0.25) is 14.5 Å². The molecule has 5 nitrogen and oxygen atoms in total. The highest BCUT2D eigenvalue weighted by Gasteiger charge is 2.49. The summed E-state index contributed by atoms with van der Waals surface area (Å²) >= 11 is 0. The van der Waals surface area contributed by atoms with Crippen LogP contribution < -0.4 is 0 Å². The van der Waals surface area contributed by atoms with Gasteiger partial charge in [-0.05, 0) is 36.8 Å². The van der Waals surface area contributed by atoms with Gasteiger partial charge in [-0.1, -0.05) is 43.5 Å². The molecule has 1 aromatic carbocycles. The van der Waals surface area contributed by atoms with E-state index in [9.17, 15) is 9.59 Å². The van der Waals surface area contributed by atoms with Gasteiger partial charge in [0, 0.05) is 45.6 Å². The maximum atomic E-state index is 12.9. The summed E-state index contributed by atoms with van der Waals surface area (Å²) in [7, 11) is 1.99. The molecule has 0 spiro atoms. The average Bonchev–Trinajstić information content (AvgIpc) is 3.26. The first-order valence-electron chi connectivity index (χ1n) is 11.3. The molecule has 0 aromatic heterocycles. The fraction of sp³-hybridized carbons (Fsp3) is 0.667. The molecular formula is C24H35N3O2. The van der Waals surface area contributed by atoms with Crippen LogP contribution in [-0.4, -0.2) is 65.8 Å². The van der Waals surface area contributed by atoms with E-state index in [2.05, 4.69) is 41.0 Å². The van der Waals surface area contributed by atoms with Gasteiger partial charge in [-0.15, -0.1) is 0 Å². The molecule has 3 atom stereocenters. The fourth-order valence-corrected chi connectivity index (χ4v) is 5.88. The van der Waals surface area contributed by atoms with E-state index in [1.165, 1.54) is 30.4 Å². The summed E-state index contributed by atoms with van der Waals surface area (Å²) in [6.07, 6.45) is 6.10. The number of carbonyl (C=O) groups excluding carboxylic acids is 2. The first-order chi connectivity index (χ1) is 14.0. The second-order valence-electron chi connectivity index (χ2n) is 9.39. The topological polar surface area (TPSA) is 43.9 Å². The van der Waals surface area contributed by atoms with Gasteiger partial charge in [0.15, 0.2) is 0 Å². The number of nitrogens with zero attached hydrogens (tertiary/aromatic N) is 3. The number of benzene rings is 1. The number of carbonyl (C=O) groups is 2. The standard InChI is InChI=1S/C24H35N3O2/c1-17-9-7-8-12-21(17)24-22-15-26(13-19(22)14-27(24)18(2)28)16-23(29)25(3)20-10-5-4-6-11-20/h7-9,12,19-20,22,24H,4-6,10-11,13-16H2,1-3H3/t19-,22-,24-/m1/s1. The molecule has 0 N–H and O–H groups in total. The van der Waals surface area contributed by atoms with Crippen molar-refractivity contribution < 1.29 is 9.59 Å². The van der Waals surface area contributed by atoms with Gasteiger partial charge in [0.05, 0.1) is 12.6 Å². The SMILES string of the molecule is CC(=O)N1C[C@H]2CN(CC(=O)N(C)C3CCCCC3)C[C@H]2[C@H]1c1ccccc1C. The van der Waals surface area contributed by atoms with Crippen LogP contribution in [0.2, 0.25) is 0 Å². The van der Waals surface area contributed by atoms with E-state index in [0.717, 1.165) is 32.5 Å². The molecular weight excluding hydrogens is 362 g/mol. The first-order valence-corrected chi connectivity index (χ1v) is 11.3. The lowest BCUT2D eigenvalue weighted by Crippen LogP contribution is -2.44. The van der Waals surface area contributed by atoms with Gasteiger partial charge >= 0.3 is 0 Å². The van der Waals surface area contributed by atoms with E-state index in [-0.39, 0.29) is 17.9 Å². The predicted octanol–water partition coefficient (Wildman–Crippen LogP) is 3.24. The van der Waals surface area contributed by atoms with Gasteiger partial charge in [-0.2, -0.15) is 0 Å². The van der Waals surface area contributed by atoms with Crippen LogP contribution in [0.15, 0.2) is 24.3 Å². The molecule has 0 unspecified atom stereocenters. The van der Waals surface area contributed by atoms with Crippen molar-refractivity contribution in [1.82, 2.24) is 14.7 Å². The zero-order valence-electron chi connectivity index (χ0n) is 18.1. The summed E-state index contributed by atoms with van der Waals surface area (Å²) < 4.78 is 0. The van der Waals surface area contributed by atoms with Crippen molar-refractivity contribution in [3.63, 3.8) is 0 Å². The highest BCUT2D eigenvalue weighted by Crippen LogP contribution is 2.45. The van der Waals surface area contributed by atoms with Crippen LogP contribution in [-0.2, 0) is 9.59 Å². The molecule has 2 amide bonds. The summed E-state index contributed by atoms with van der Waals surface area (Å²) in [4.78, 5) is 31.7. The Labute approximate surface area is 175 Å². The lowest BCUT2D eigenvalue weighted by Gasteiger charge is -2.33. The highest BCUT2D eigenvalue weighted by molar-refractivity contribution is 5.78. The second kappa shape index (κ2) is 8.47. The number of amides is 2. The molecule has 29 heavy (non-hydrogen) atoms. The minimum atomic E-state index is 0.134. The van der Waals surface area contributed by atoms with E-state index in [1.807, 2.05) is 11.9 Å². The Hall–Kier alpha value is -1.88. The number of likely N-dealkylation sites (N-methyl/N-ethyl adjacent to an activating group) is 1. The van der Waals surface area contributed by atoms with Crippen LogP contribution in [0.5, 0.6) is 0 Å². The lowest BCUT2D eigenvalue weighted by atomic mass is 9.87. The molecule has 3 fully saturated rings. The zero-order chi connectivity index (χ0) is 20.5. The maximum absolute atomic E-state index is 12.9. The molecule has 4 rings (SSSR count). The van der Waals surface area contributed by atoms with Gasteiger partial charge in [0.1, 0.15) is 0 Å². The van der Waals surface area contributed by atoms with Crippen molar-refractivity contribution in [2.24, 2.45) is 11.8 Å². The third-order valence-electron chi connectivity index (χ3n) is 7.53. The van der Waals surface area contributed by atoms with E-state index in [1.54, 1.807) is 6.92 Å². The maximum Gasteiger partial charge on any atom is 0.236 e. The van der Waals surface area contributed by atoms with Crippen molar-refractivity contribution in [2.75, 3.05) is 33.2 Å². The minimum absolute atomic E-state index is 0.134. The van der Waals surface area contributed by atoms with Crippen molar-refractivity contribution >= 4 is 11.8 Å². The molecule has 158 valence electrons. The minimum Gasteiger partial charge on any atom is -0.342 e. The summed E-state index contributed by atoms with van der Waals surface area (Å²) in [6, 6.07) is 8.99. The molecule has 0 radical (unpaired) electrons. The van der Waals surface area contributed by atoms with Gasteiger partial charge in [0.25, 0.3) is 0 Å². The largest absolute Gasteiger partial charge is 0.342 e. The Morgan fingerprint density at radius 2 is 1.79 bits per heavy atom. The normalized spacial score (nSPS) is 27.8. The molecule has 3 aliphatic rings. The number of aryl methyl sites for hydroxylation is 1. The third-order valence-corrected chi connectivity index (χ3v) is 7.53. The second-order valence-corrected chi connectivity index (χ2v) is 9.39. The number of hydrogen-bond acceptors (Lipinski definition) is 3. The van der Waals surface area contributed by atoms with E-state index >= 15 is 0 Å². The summed E-state index contributed by atoms with van der Waals surface area (Å²) in [5, 5.41) is 0. The Morgan fingerprint density at radius 3 is 2.48 bits per heavy atom. The number of hydrogen-bond donors (Lipinski definition) is 0. The monoisotopic (exact) mass is 397 g/mol. The van der Waals surface area contributed by atoms with Crippen LogP contribution in [0.25, 0.3) is 0 Å². The molecule has 5 heteroatoms. The molecule has 1 aliphatic carbocycles. The van der Waals surface area contributed by atoms with Crippen molar-refractivity contribution in [3.8, 4) is 0 Å². The summed E-state index contributed by atoms with van der Waals surface area (Å²) in [5.74, 6) is 1.28. The quantitative estimate of drug-likeness (QED) is 0.783. The predicted molar refractivity (Wildman–Crippen MR) is 114 cm³/mol. The van der Waals surface area contributed by atoms with Crippen molar-refractivity contribution in [3.05, 3.63) is 35.4 Å². The van der Waals surface area contributed by atoms with E-state index < -0.39 is 0 Å². The number of likely N-dealkylation sites (tertiary alicyclic amines) is 2. The average molecular weight is 398 g/mol. The Morgan fingerprint density at radius 1 is 1.07 bits per heavy atom.